The second-order valence-electron chi connectivity index (χ2n) is 13.6. The van der Waals surface area contributed by atoms with Gasteiger partial charge in [0.15, 0.2) is 24.8 Å². The van der Waals surface area contributed by atoms with Gasteiger partial charge in [-0.2, -0.15) is 38.4 Å². The fourth-order valence-electron chi connectivity index (χ4n) is 7.93. The minimum atomic E-state index is 0. The SMILES string of the molecule is [Y].[c-]1ccccc1-c1[c-]c(-[n+]2ccccc2)c(-c2nc(-n3c4ccccc4c4ccccc43)nc(-n3c4ccccc4c4ccccc43)n2)c(-[n+]2ccccc2)c1. The normalized spacial score (nSPS) is 11.4. The minimum absolute atomic E-state index is 0. The predicted molar refractivity (Wildman–Crippen MR) is 220 cm³/mol. The van der Waals surface area contributed by atoms with Crippen LogP contribution in [0.1, 0.15) is 0 Å². The largest absolute Gasteiger partial charge is 0.278 e. The van der Waals surface area contributed by atoms with Crippen LogP contribution >= 0.6 is 0 Å². The Morgan fingerprint density at radius 3 is 1.37 bits per heavy atom. The summed E-state index contributed by atoms with van der Waals surface area (Å²) in [5.74, 6) is 1.53. The number of aromatic nitrogens is 7. The van der Waals surface area contributed by atoms with Crippen LogP contribution in [0.15, 0.2) is 189 Å². The molecule has 5 heterocycles. The Labute approximate surface area is 353 Å². The summed E-state index contributed by atoms with van der Waals surface area (Å²) in [5, 5.41) is 4.50. The van der Waals surface area contributed by atoms with Crippen LogP contribution in [0, 0.1) is 12.1 Å². The average molecular weight is 807 g/mol. The summed E-state index contributed by atoms with van der Waals surface area (Å²) in [6, 6.07) is 63.3. The zero-order valence-electron chi connectivity index (χ0n) is 30.6. The Kier molecular flexibility index (Phi) is 8.82. The number of hydrogen-bond donors (Lipinski definition) is 0. The third-order valence-corrected chi connectivity index (χ3v) is 10.4. The van der Waals surface area contributed by atoms with Gasteiger partial charge in [-0.3, -0.25) is 9.13 Å². The molecule has 1 radical (unpaired) electrons. The van der Waals surface area contributed by atoms with Crippen molar-refractivity contribution in [3.05, 3.63) is 201 Å². The van der Waals surface area contributed by atoms with E-state index in [9.17, 15) is 0 Å². The first-order valence-corrected chi connectivity index (χ1v) is 18.5. The fraction of sp³-hybridized carbons (Fsp3) is 0. The second-order valence-corrected chi connectivity index (χ2v) is 13.6. The van der Waals surface area contributed by atoms with Crippen molar-refractivity contribution in [1.29, 1.82) is 0 Å². The van der Waals surface area contributed by atoms with E-state index in [0.29, 0.717) is 17.7 Å². The fourth-order valence-corrected chi connectivity index (χ4v) is 7.93. The van der Waals surface area contributed by atoms with Crippen molar-refractivity contribution in [3.8, 4) is 45.8 Å². The summed E-state index contributed by atoms with van der Waals surface area (Å²) in [7, 11) is 0. The first-order valence-electron chi connectivity index (χ1n) is 18.5. The second kappa shape index (κ2) is 14.4. The number of benzene rings is 6. The average Bonchev–Trinajstić information content (AvgIpc) is 3.80. The quantitative estimate of drug-likeness (QED) is 0.124. The van der Waals surface area contributed by atoms with Crippen LogP contribution in [0.2, 0.25) is 0 Å². The summed E-state index contributed by atoms with van der Waals surface area (Å²) in [6.45, 7) is 0. The van der Waals surface area contributed by atoms with Crippen LogP contribution in [0.4, 0.5) is 0 Å². The van der Waals surface area contributed by atoms with Crippen molar-refractivity contribution in [1.82, 2.24) is 24.1 Å². The first kappa shape index (κ1) is 34.8. The van der Waals surface area contributed by atoms with Crippen LogP contribution in [0.3, 0.4) is 0 Å². The molecule has 0 saturated carbocycles. The molecule has 0 aliphatic rings. The molecule has 0 atom stereocenters. The monoisotopic (exact) mass is 806 g/mol. The van der Waals surface area contributed by atoms with E-state index in [0.717, 1.165) is 71.7 Å². The third kappa shape index (κ3) is 5.86. The van der Waals surface area contributed by atoms with Gasteiger partial charge in [0, 0.05) is 78.5 Å². The maximum Gasteiger partial charge on any atom is 0.239 e. The molecule has 11 rings (SSSR count). The van der Waals surface area contributed by atoms with Crippen LogP contribution in [-0.4, -0.2) is 24.1 Å². The van der Waals surface area contributed by atoms with E-state index in [-0.39, 0.29) is 32.7 Å². The van der Waals surface area contributed by atoms with E-state index in [4.69, 9.17) is 15.0 Å². The van der Waals surface area contributed by atoms with Gasteiger partial charge in [0.25, 0.3) is 0 Å². The molecule has 7 nitrogen and oxygen atoms in total. The molecule has 0 aliphatic heterocycles. The van der Waals surface area contributed by atoms with Gasteiger partial charge in [0.05, 0.1) is 27.6 Å². The number of rotatable bonds is 6. The van der Waals surface area contributed by atoms with E-state index in [1.807, 2.05) is 67.0 Å². The number of hydrogen-bond acceptors (Lipinski definition) is 3. The Bertz CT molecular complexity index is 2950. The van der Waals surface area contributed by atoms with Gasteiger partial charge in [-0.1, -0.05) is 84.9 Å². The van der Waals surface area contributed by atoms with Gasteiger partial charge in [0.2, 0.25) is 11.9 Å². The van der Waals surface area contributed by atoms with Crippen LogP contribution in [-0.2, 0) is 32.7 Å². The summed E-state index contributed by atoms with van der Waals surface area (Å²) in [4.78, 5) is 16.3. The topological polar surface area (TPSA) is 56.3 Å². The Hall–Kier alpha value is -6.67. The Morgan fingerprint density at radius 2 is 0.895 bits per heavy atom. The first-order chi connectivity index (χ1) is 27.8. The summed E-state index contributed by atoms with van der Waals surface area (Å²) < 4.78 is 8.52. The Balaban J connectivity index is 0.00000396. The number of nitrogens with zero attached hydrogens (tertiary/aromatic N) is 7. The summed E-state index contributed by atoms with van der Waals surface area (Å²) in [5.41, 5.74) is 8.34. The van der Waals surface area contributed by atoms with Crippen molar-refractivity contribution in [2.24, 2.45) is 0 Å². The molecule has 0 saturated heterocycles. The van der Waals surface area contributed by atoms with Crippen LogP contribution < -0.4 is 9.13 Å². The minimum Gasteiger partial charge on any atom is -0.278 e. The van der Waals surface area contributed by atoms with Crippen molar-refractivity contribution < 1.29 is 41.8 Å². The van der Waals surface area contributed by atoms with E-state index in [1.165, 1.54) is 0 Å². The molecular formula is C49H31N7Y. The molecule has 57 heavy (non-hydrogen) atoms. The van der Waals surface area contributed by atoms with Crippen LogP contribution in [0.25, 0.3) is 89.4 Å². The molecule has 265 valence electrons. The number of fused-ring (bicyclic) bond motifs is 6. The smallest absolute Gasteiger partial charge is 0.239 e. The molecule has 0 unspecified atom stereocenters. The maximum atomic E-state index is 5.46. The van der Waals surface area contributed by atoms with Gasteiger partial charge < -0.3 is 0 Å². The molecule has 0 fully saturated rings. The van der Waals surface area contributed by atoms with E-state index in [1.54, 1.807) is 0 Å². The Morgan fingerprint density at radius 1 is 0.439 bits per heavy atom. The molecule has 6 aromatic carbocycles. The molecular weight excluding hydrogens is 775 g/mol. The molecule has 0 spiro atoms. The number of pyridine rings is 2. The standard InChI is InChI=1S/C49H31N7.Y/c1-4-18-34(19-5-1)35-32-44(53-28-14-2-15-29-53)46(45(33-35)54-30-16-3-17-31-54)47-50-48(55-40-24-10-6-20-36(40)37-21-7-11-25-41(37)55)52-49(51-47)56-42-26-12-8-22-38(42)39-23-9-13-27-43(39)56;/h1-18,20-32H;. The maximum absolute atomic E-state index is 5.46. The van der Waals surface area contributed by atoms with E-state index < -0.39 is 0 Å². The molecule has 0 amide bonds. The number of para-hydroxylation sites is 4. The van der Waals surface area contributed by atoms with Gasteiger partial charge >= 0.3 is 0 Å². The van der Waals surface area contributed by atoms with E-state index in [2.05, 4.69) is 152 Å². The molecule has 5 aromatic heterocycles. The zero-order chi connectivity index (χ0) is 37.0. The molecule has 11 aromatic rings. The summed E-state index contributed by atoms with van der Waals surface area (Å²) in [6.07, 6.45) is 8.19. The van der Waals surface area contributed by atoms with Crippen molar-refractivity contribution in [2.75, 3.05) is 0 Å². The van der Waals surface area contributed by atoms with Gasteiger partial charge in [-0.25, -0.2) is 21.1 Å². The van der Waals surface area contributed by atoms with Crippen LogP contribution in [0.5, 0.6) is 0 Å². The molecule has 8 heteroatoms. The van der Waals surface area contributed by atoms with E-state index >= 15 is 0 Å². The van der Waals surface area contributed by atoms with Crippen molar-refractivity contribution >= 4 is 43.6 Å². The zero-order valence-corrected chi connectivity index (χ0v) is 33.4. The van der Waals surface area contributed by atoms with Crippen molar-refractivity contribution in [3.63, 3.8) is 0 Å². The molecule has 0 N–H and O–H groups in total. The van der Waals surface area contributed by atoms with Gasteiger partial charge in [-0.15, -0.1) is 18.2 Å². The predicted octanol–water partition coefficient (Wildman–Crippen LogP) is 9.55. The molecule has 0 bridgehead atoms. The summed E-state index contributed by atoms with van der Waals surface area (Å²) >= 11 is 0. The molecule has 0 aliphatic carbocycles. The van der Waals surface area contributed by atoms with Gasteiger partial charge in [0.1, 0.15) is 17.2 Å². The third-order valence-electron chi connectivity index (χ3n) is 10.4. The van der Waals surface area contributed by atoms with Crippen molar-refractivity contribution in [2.45, 2.75) is 0 Å². The van der Waals surface area contributed by atoms with Gasteiger partial charge in [-0.05, 0) is 24.3 Å².